The highest BCUT2D eigenvalue weighted by atomic mass is 16.6. The van der Waals surface area contributed by atoms with Gasteiger partial charge < -0.3 is 14.6 Å². The first-order valence-corrected chi connectivity index (χ1v) is 18.4. The first-order chi connectivity index (χ1) is 21.1. The molecule has 0 fully saturated rings. The third-order valence-electron chi connectivity index (χ3n) is 8.00. The number of ether oxygens (including phenoxy) is 2. The lowest BCUT2D eigenvalue weighted by Gasteiger charge is -2.15. The van der Waals surface area contributed by atoms with Gasteiger partial charge >= 0.3 is 11.9 Å². The normalized spacial score (nSPS) is 12.3. The standard InChI is InChI=1S/C38H70O5/c1-3-5-7-9-11-13-15-17-18-19-21-23-25-27-29-31-33-38(41)43-36(34-39)35-42-37(40)32-30-28-26-24-22-20-16-14-12-10-8-6-4-2/h11,13,17-18,36,39H,3-10,12,14-16,19-35H2,1-2H3/b13-11-,18-17-/t36-/m0/s1. The minimum Gasteiger partial charge on any atom is -0.462 e. The van der Waals surface area contributed by atoms with E-state index in [1.54, 1.807) is 0 Å². The highest BCUT2D eigenvalue weighted by Gasteiger charge is 2.16. The highest BCUT2D eigenvalue weighted by molar-refractivity contribution is 5.70. The summed E-state index contributed by atoms with van der Waals surface area (Å²) in [5.74, 6) is -0.598. The van der Waals surface area contributed by atoms with Gasteiger partial charge in [-0.15, -0.1) is 0 Å². The molecule has 0 amide bonds. The number of carbonyl (C=O) groups excluding carboxylic acids is 2. The molecule has 0 bridgehead atoms. The van der Waals surface area contributed by atoms with Crippen molar-refractivity contribution in [2.45, 2.75) is 193 Å². The molecule has 1 atom stereocenters. The van der Waals surface area contributed by atoms with Gasteiger partial charge in [0.1, 0.15) is 6.61 Å². The molecule has 0 spiro atoms. The van der Waals surface area contributed by atoms with Crippen LogP contribution in [0.2, 0.25) is 0 Å². The van der Waals surface area contributed by atoms with Crippen molar-refractivity contribution in [1.82, 2.24) is 0 Å². The molecule has 0 radical (unpaired) electrons. The largest absolute Gasteiger partial charge is 0.462 e. The van der Waals surface area contributed by atoms with Crippen molar-refractivity contribution in [2.75, 3.05) is 13.2 Å². The van der Waals surface area contributed by atoms with Crippen LogP contribution < -0.4 is 0 Å². The van der Waals surface area contributed by atoms with Gasteiger partial charge in [-0.1, -0.05) is 154 Å². The van der Waals surface area contributed by atoms with E-state index in [1.165, 1.54) is 109 Å². The van der Waals surface area contributed by atoms with Gasteiger partial charge in [0.2, 0.25) is 0 Å². The Balaban J connectivity index is 3.57. The Morgan fingerprint density at radius 1 is 0.535 bits per heavy atom. The monoisotopic (exact) mass is 607 g/mol. The second-order valence-electron chi connectivity index (χ2n) is 12.3. The lowest BCUT2D eigenvalue weighted by Crippen LogP contribution is -2.28. The fourth-order valence-corrected chi connectivity index (χ4v) is 5.17. The zero-order valence-electron chi connectivity index (χ0n) is 28.5. The number of unbranched alkanes of at least 4 members (excludes halogenated alkanes) is 21. The average Bonchev–Trinajstić information content (AvgIpc) is 3.01. The van der Waals surface area contributed by atoms with E-state index >= 15 is 0 Å². The number of rotatable bonds is 33. The molecular weight excluding hydrogens is 536 g/mol. The predicted octanol–water partition coefficient (Wildman–Crippen LogP) is 11.1. The number of aliphatic hydroxyl groups excluding tert-OH is 1. The van der Waals surface area contributed by atoms with Gasteiger partial charge in [-0.2, -0.15) is 0 Å². The van der Waals surface area contributed by atoms with E-state index in [9.17, 15) is 14.7 Å². The molecule has 0 unspecified atom stereocenters. The van der Waals surface area contributed by atoms with E-state index in [-0.39, 0.29) is 25.2 Å². The number of hydrogen-bond donors (Lipinski definition) is 1. The first kappa shape index (κ1) is 41.4. The summed E-state index contributed by atoms with van der Waals surface area (Å²) >= 11 is 0. The van der Waals surface area contributed by atoms with Crippen LogP contribution in [0, 0.1) is 0 Å². The molecule has 43 heavy (non-hydrogen) atoms. The smallest absolute Gasteiger partial charge is 0.306 e. The fraction of sp³-hybridized carbons (Fsp3) is 0.842. The van der Waals surface area contributed by atoms with Gasteiger partial charge in [-0.05, 0) is 44.9 Å². The van der Waals surface area contributed by atoms with Crippen molar-refractivity contribution in [3.8, 4) is 0 Å². The molecule has 0 aromatic carbocycles. The quantitative estimate of drug-likeness (QED) is 0.0457. The third-order valence-corrected chi connectivity index (χ3v) is 8.00. The Morgan fingerprint density at radius 2 is 0.930 bits per heavy atom. The summed E-state index contributed by atoms with van der Waals surface area (Å²) in [4.78, 5) is 24.2. The van der Waals surface area contributed by atoms with E-state index in [2.05, 4.69) is 38.2 Å². The van der Waals surface area contributed by atoms with Crippen LogP contribution in [0.5, 0.6) is 0 Å². The van der Waals surface area contributed by atoms with E-state index in [1.807, 2.05) is 0 Å². The topological polar surface area (TPSA) is 72.8 Å². The van der Waals surface area contributed by atoms with E-state index in [4.69, 9.17) is 9.47 Å². The van der Waals surface area contributed by atoms with Crippen LogP contribution in [0.3, 0.4) is 0 Å². The van der Waals surface area contributed by atoms with Crippen molar-refractivity contribution in [3.63, 3.8) is 0 Å². The maximum atomic E-state index is 12.1. The summed E-state index contributed by atoms with van der Waals surface area (Å²) in [6.45, 7) is 4.10. The number of carbonyl (C=O) groups is 2. The number of hydrogen-bond acceptors (Lipinski definition) is 5. The van der Waals surface area contributed by atoms with Crippen LogP contribution in [0.1, 0.15) is 187 Å². The highest BCUT2D eigenvalue weighted by Crippen LogP contribution is 2.14. The lowest BCUT2D eigenvalue weighted by molar-refractivity contribution is -0.161. The van der Waals surface area contributed by atoms with Gasteiger partial charge in [0.05, 0.1) is 6.61 Å². The van der Waals surface area contributed by atoms with E-state index in [0.29, 0.717) is 12.8 Å². The molecule has 0 aromatic heterocycles. The molecule has 252 valence electrons. The van der Waals surface area contributed by atoms with Crippen LogP contribution in [-0.4, -0.2) is 36.4 Å². The fourth-order valence-electron chi connectivity index (χ4n) is 5.17. The average molecular weight is 607 g/mol. The number of allylic oxidation sites excluding steroid dienone is 4. The first-order valence-electron chi connectivity index (χ1n) is 18.4. The van der Waals surface area contributed by atoms with Crippen LogP contribution in [0.15, 0.2) is 24.3 Å². The van der Waals surface area contributed by atoms with Crippen molar-refractivity contribution in [1.29, 1.82) is 0 Å². The van der Waals surface area contributed by atoms with Crippen molar-refractivity contribution < 1.29 is 24.2 Å². The molecule has 0 aliphatic rings. The minimum atomic E-state index is -0.771. The van der Waals surface area contributed by atoms with Crippen molar-refractivity contribution in [3.05, 3.63) is 24.3 Å². The van der Waals surface area contributed by atoms with E-state index < -0.39 is 6.10 Å². The van der Waals surface area contributed by atoms with Gasteiger partial charge in [-0.3, -0.25) is 9.59 Å². The molecule has 1 N–H and O–H groups in total. The summed E-state index contributed by atoms with van der Waals surface area (Å²) < 4.78 is 10.6. The molecule has 0 saturated carbocycles. The predicted molar refractivity (Wildman–Crippen MR) is 182 cm³/mol. The summed E-state index contributed by atoms with van der Waals surface area (Å²) in [5.41, 5.74) is 0. The molecule has 5 nitrogen and oxygen atoms in total. The molecule has 0 aromatic rings. The summed E-state index contributed by atoms with van der Waals surface area (Å²) in [6, 6.07) is 0. The Kier molecular flexibility index (Phi) is 33.6. The van der Waals surface area contributed by atoms with Gasteiger partial charge in [0, 0.05) is 12.8 Å². The summed E-state index contributed by atoms with van der Waals surface area (Å²) in [5, 5.41) is 9.52. The van der Waals surface area contributed by atoms with Crippen LogP contribution in [0.25, 0.3) is 0 Å². The lowest BCUT2D eigenvalue weighted by atomic mass is 10.0. The van der Waals surface area contributed by atoms with Crippen LogP contribution >= 0.6 is 0 Å². The number of aliphatic hydroxyl groups is 1. The number of esters is 2. The zero-order valence-corrected chi connectivity index (χ0v) is 28.5. The Morgan fingerprint density at radius 3 is 1.42 bits per heavy atom. The Bertz CT molecular complexity index is 657. The summed E-state index contributed by atoms with van der Waals surface area (Å²) in [6.07, 6.45) is 39.4. The second kappa shape index (κ2) is 34.9. The second-order valence-corrected chi connectivity index (χ2v) is 12.3. The molecule has 0 rings (SSSR count). The maximum absolute atomic E-state index is 12.1. The van der Waals surface area contributed by atoms with Crippen molar-refractivity contribution >= 4 is 11.9 Å². The van der Waals surface area contributed by atoms with Gasteiger partial charge in [-0.25, -0.2) is 0 Å². The van der Waals surface area contributed by atoms with Gasteiger partial charge in [0.25, 0.3) is 0 Å². The molecule has 0 aliphatic heterocycles. The van der Waals surface area contributed by atoms with Gasteiger partial charge in [0.15, 0.2) is 6.10 Å². The third kappa shape index (κ3) is 33.1. The zero-order chi connectivity index (χ0) is 31.5. The maximum Gasteiger partial charge on any atom is 0.306 e. The molecular formula is C38H70O5. The Labute approximate surface area is 266 Å². The van der Waals surface area contributed by atoms with E-state index in [0.717, 1.165) is 51.4 Å². The Hall–Kier alpha value is -1.62. The molecule has 5 heteroatoms. The van der Waals surface area contributed by atoms with Crippen LogP contribution in [0.4, 0.5) is 0 Å². The molecule has 0 saturated heterocycles. The molecule has 0 heterocycles. The van der Waals surface area contributed by atoms with Crippen molar-refractivity contribution in [2.24, 2.45) is 0 Å². The van der Waals surface area contributed by atoms with Crippen LogP contribution in [-0.2, 0) is 19.1 Å². The molecule has 0 aliphatic carbocycles. The SMILES string of the molecule is CCCCC/C=C\C/C=C\CCCCCCCCC(=O)O[C@@H](CO)COC(=O)CCCCCCCCCCCCCCC. The minimum absolute atomic E-state index is 0.0663. The summed E-state index contributed by atoms with van der Waals surface area (Å²) in [7, 11) is 0.